The number of benzene rings is 3. The lowest BCUT2D eigenvalue weighted by atomic mass is 9.76. The summed E-state index contributed by atoms with van der Waals surface area (Å²) in [7, 11) is 1.52. The number of fused-ring (bicyclic) bond motifs is 3. The van der Waals surface area contributed by atoms with E-state index in [-0.39, 0.29) is 11.1 Å². The van der Waals surface area contributed by atoms with E-state index in [0.717, 1.165) is 4.47 Å². The topological polar surface area (TPSA) is 90.0 Å². The number of halogens is 1. The molecule has 8 heteroatoms. The number of rotatable bonds is 3. The number of hydrogen-bond donors (Lipinski definition) is 0. The summed E-state index contributed by atoms with van der Waals surface area (Å²) in [6, 6.07) is 19.9. The molecule has 3 aromatic carbocycles. The van der Waals surface area contributed by atoms with Gasteiger partial charge in [0.1, 0.15) is 11.7 Å². The summed E-state index contributed by atoms with van der Waals surface area (Å²) in [5.74, 6) is -4.45. The molecule has 7 nitrogen and oxygen atoms in total. The van der Waals surface area contributed by atoms with Crippen molar-refractivity contribution in [3.63, 3.8) is 0 Å². The van der Waals surface area contributed by atoms with Crippen molar-refractivity contribution in [3.05, 3.63) is 94.0 Å². The van der Waals surface area contributed by atoms with E-state index in [1.807, 2.05) is 24.3 Å². The second kappa shape index (κ2) is 7.61. The van der Waals surface area contributed by atoms with Crippen LogP contribution in [-0.4, -0.2) is 36.2 Å². The second-order valence-corrected chi connectivity index (χ2v) is 9.70. The SMILES string of the molecule is COc1cccc(N2[C@@H](c3ccc(Br)cc3)[C@@H]3C(=O)OC(=O)[C@@H]3C23C(=O)c2ccccc2C3=O)c1. The molecule has 3 aliphatic rings. The molecule has 2 heterocycles. The van der Waals surface area contributed by atoms with Crippen molar-refractivity contribution < 1.29 is 28.7 Å². The van der Waals surface area contributed by atoms with E-state index in [0.29, 0.717) is 17.0 Å². The number of methoxy groups -OCH3 is 1. The maximum atomic E-state index is 14.2. The van der Waals surface area contributed by atoms with Crippen LogP contribution in [0.2, 0.25) is 0 Å². The summed E-state index contributed by atoms with van der Waals surface area (Å²) in [4.78, 5) is 56.3. The predicted molar refractivity (Wildman–Crippen MR) is 128 cm³/mol. The number of esters is 2. The van der Waals surface area contributed by atoms with E-state index in [4.69, 9.17) is 9.47 Å². The third-order valence-corrected chi connectivity index (χ3v) is 7.72. The van der Waals surface area contributed by atoms with Crippen LogP contribution in [0.1, 0.15) is 32.3 Å². The van der Waals surface area contributed by atoms with Crippen LogP contribution in [0.15, 0.2) is 77.3 Å². The number of hydrogen-bond acceptors (Lipinski definition) is 7. The van der Waals surface area contributed by atoms with Crippen molar-refractivity contribution in [1.29, 1.82) is 0 Å². The van der Waals surface area contributed by atoms with Gasteiger partial charge < -0.3 is 14.4 Å². The van der Waals surface area contributed by atoms with Crippen LogP contribution in [0.3, 0.4) is 0 Å². The Morgan fingerprint density at radius 2 is 1.51 bits per heavy atom. The smallest absolute Gasteiger partial charge is 0.320 e. The van der Waals surface area contributed by atoms with Crippen LogP contribution < -0.4 is 9.64 Å². The van der Waals surface area contributed by atoms with Crippen LogP contribution >= 0.6 is 15.9 Å². The lowest BCUT2D eigenvalue weighted by molar-refractivity contribution is -0.154. The molecule has 1 spiro atoms. The Hall–Kier alpha value is -3.78. The molecule has 3 atom stereocenters. The van der Waals surface area contributed by atoms with Gasteiger partial charge in [-0.1, -0.05) is 58.4 Å². The van der Waals surface area contributed by atoms with Gasteiger partial charge in [0, 0.05) is 27.4 Å². The molecule has 2 saturated heterocycles. The first-order valence-electron chi connectivity index (χ1n) is 11.0. The zero-order valence-corrected chi connectivity index (χ0v) is 20.0. The van der Waals surface area contributed by atoms with Crippen LogP contribution in [0.4, 0.5) is 5.69 Å². The summed E-state index contributed by atoms with van der Waals surface area (Å²) < 4.78 is 11.3. The van der Waals surface area contributed by atoms with E-state index in [9.17, 15) is 19.2 Å². The fourth-order valence-corrected chi connectivity index (χ4v) is 6.08. The maximum absolute atomic E-state index is 14.2. The minimum Gasteiger partial charge on any atom is -0.497 e. The Kier molecular flexibility index (Phi) is 4.73. The predicted octanol–water partition coefficient (Wildman–Crippen LogP) is 4.15. The Morgan fingerprint density at radius 3 is 2.14 bits per heavy atom. The Balaban J connectivity index is 1.69. The fraction of sp³-hybridized carbons (Fsp3) is 0.185. The van der Waals surface area contributed by atoms with E-state index >= 15 is 0 Å². The molecule has 1 aliphatic carbocycles. The molecule has 0 saturated carbocycles. The highest BCUT2D eigenvalue weighted by Gasteiger charge is 2.76. The van der Waals surface area contributed by atoms with Crippen LogP contribution in [0.25, 0.3) is 0 Å². The number of cyclic esters (lactones) is 2. The summed E-state index contributed by atoms with van der Waals surface area (Å²) in [5.41, 5.74) is -0.338. The van der Waals surface area contributed by atoms with Gasteiger partial charge in [-0.15, -0.1) is 0 Å². The van der Waals surface area contributed by atoms with Gasteiger partial charge in [0.25, 0.3) is 0 Å². The summed E-state index contributed by atoms with van der Waals surface area (Å²) in [6.07, 6.45) is 0. The molecule has 0 amide bonds. The number of ether oxygens (including phenoxy) is 2. The van der Waals surface area contributed by atoms with Gasteiger partial charge >= 0.3 is 11.9 Å². The lowest BCUT2D eigenvalue weighted by Crippen LogP contribution is -2.59. The minimum atomic E-state index is -1.96. The monoisotopic (exact) mass is 531 g/mol. The fourth-order valence-electron chi connectivity index (χ4n) is 5.82. The third-order valence-electron chi connectivity index (χ3n) is 7.19. The number of carbonyl (C=O) groups is 4. The van der Waals surface area contributed by atoms with Crippen LogP contribution in [0, 0.1) is 11.8 Å². The van der Waals surface area contributed by atoms with E-state index in [2.05, 4.69) is 15.9 Å². The number of nitrogens with zero attached hydrogens (tertiary/aromatic N) is 1. The Labute approximate surface area is 208 Å². The van der Waals surface area contributed by atoms with Crippen molar-refractivity contribution in [2.75, 3.05) is 12.0 Å². The summed E-state index contributed by atoms with van der Waals surface area (Å²) in [6.45, 7) is 0. The zero-order chi connectivity index (χ0) is 24.5. The zero-order valence-electron chi connectivity index (χ0n) is 18.4. The molecular formula is C27H18BrNO6. The first kappa shape index (κ1) is 21.7. The third kappa shape index (κ3) is 2.77. The van der Waals surface area contributed by atoms with E-state index in [1.165, 1.54) is 7.11 Å². The molecule has 174 valence electrons. The Bertz CT molecular complexity index is 1400. The van der Waals surface area contributed by atoms with Crippen LogP contribution in [0.5, 0.6) is 5.75 Å². The van der Waals surface area contributed by atoms with Gasteiger partial charge in [0.15, 0.2) is 17.1 Å². The molecule has 3 aromatic rings. The number of anilines is 1. The standard InChI is InChI=1S/C27H18BrNO6/c1-34-17-6-4-5-16(13-17)29-22(14-9-11-15(28)12-10-14)20-21(26(33)35-25(20)32)27(29)23(30)18-7-2-3-8-19(18)24(27)31/h2-13,20-22H,1H3/t20-,21-,22+/m1/s1. The molecule has 35 heavy (non-hydrogen) atoms. The lowest BCUT2D eigenvalue weighted by Gasteiger charge is -2.39. The first-order valence-corrected chi connectivity index (χ1v) is 11.8. The van der Waals surface area contributed by atoms with Crippen LogP contribution in [-0.2, 0) is 14.3 Å². The van der Waals surface area contributed by atoms with Crippen molar-refractivity contribution in [1.82, 2.24) is 0 Å². The molecule has 0 bridgehead atoms. The quantitative estimate of drug-likeness (QED) is 0.370. The highest BCUT2D eigenvalue weighted by atomic mass is 79.9. The molecule has 0 N–H and O–H groups in total. The minimum absolute atomic E-state index is 0.229. The number of carbonyl (C=O) groups excluding carboxylic acids is 4. The second-order valence-electron chi connectivity index (χ2n) is 8.78. The molecule has 0 radical (unpaired) electrons. The first-order chi connectivity index (χ1) is 16.9. The van der Waals surface area contributed by atoms with E-state index in [1.54, 1.807) is 53.4 Å². The number of ketones is 2. The van der Waals surface area contributed by atoms with Crippen molar-refractivity contribution in [2.24, 2.45) is 11.8 Å². The summed E-state index contributed by atoms with van der Waals surface area (Å²) in [5, 5.41) is 0. The molecule has 2 aliphatic heterocycles. The van der Waals surface area contributed by atoms with Crippen molar-refractivity contribution in [2.45, 2.75) is 11.6 Å². The Morgan fingerprint density at radius 1 is 0.857 bits per heavy atom. The largest absolute Gasteiger partial charge is 0.497 e. The molecule has 6 rings (SSSR count). The van der Waals surface area contributed by atoms with Gasteiger partial charge in [-0.2, -0.15) is 0 Å². The normalized spacial score (nSPS) is 24.1. The maximum Gasteiger partial charge on any atom is 0.320 e. The van der Waals surface area contributed by atoms with Gasteiger partial charge in [0.05, 0.1) is 19.1 Å². The van der Waals surface area contributed by atoms with Gasteiger partial charge in [0.2, 0.25) is 0 Å². The molecule has 2 fully saturated rings. The molecule has 0 aromatic heterocycles. The average Bonchev–Trinajstić information content (AvgIpc) is 3.43. The van der Waals surface area contributed by atoms with Gasteiger partial charge in [-0.05, 0) is 29.8 Å². The number of Topliss-reactive ketones (excluding diaryl/α,β-unsaturated/α-hetero) is 2. The van der Waals surface area contributed by atoms with Crippen molar-refractivity contribution in [3.8, 4) is 5.75 Å². The highest BCUT2D eigenvalue weighted by molar-refractivity contribution is 9.10. The van der Waals surface area contributed by atoms with Crippen molar-refractivity contribution >= 4 is 45.1 Å². The summed E-state index contributed by atoms with van der Waals surface area (Å²) >= 11 is 3.43. The molecule has 0 unspecified atom stereocenters. The average molecular weight is 532 g/mol. The van der Waals surface area contributed by atoms with E-state index < -0.39 is 46.9 Å². The van der Waals surface area contributed by atoms with Gasteiger partial charge in [-0.25, -0.2) is 0 Å². The molecular weight excluding hydrogens is 514 g/mol. The highest BCUT2D eigenvalue weighted by Crippen LogP contribution is 2.60. The van der Waals surface area contributed by atoms with Gasteiger partial charge in [-0.3, -0.25) is 19.2 Å².